The molecule has 1 aromatic carbocycles. The second kappa shape index (κ2) is 12.1. The van der Waals surface area contributed by atoms with Crippen LogP contribution in [0.2, 0.25) is 0 Å². The third-order valence-electron chi connectivity index (χ3n) is 4.95. The van der Waals surface area contributed by atoms with Crippen molar-refractivity contribution in [3.8, 4) is 11.5 Å². The molecular formula is C21H35ClN2O3. The normalized spacial score (nSPS) is 14.8. The molecule has 1 fully saturated rings. The van der Waals surface area contributed by atoms with E-state index in [0.717, 1.165) is 45.4 Å². The lowest BCUT2D eigenvalue weighted by Gasteiger charge is -2.32. The molecule has 0 saturated carbocycles. The second-order valence-corrected chi connectivity index (χ2v) is 7.44. The number of halogens is 1. The van der Waals surface area contributed by atoms with Gasteiger partial charge < -0.3 is 19.7 Å². The van der Waals surface area contributed by atoms with E-state index in [1.165, 1.54) is 0 Å². The van der Waals surface area contributed by atoms with Gasteiger partial charge in [0.1, 0.15) is 0 Å². The molecule has 0 aromatic heterocycles. The fourth-order valence-corrected chi connectivity index (χ4v) is 3.20. The maximum Gasteiger partial charge on any atom is 0.253 e. The van der Waals surface area contributed by atoms with E-state index in [1.807, 2.05) is 17.0 Å². The summed E-state index contributed by atoms with van der Waals surface area (Å²) in [7, 11) is 1.62. The van der Waals surface area contributed by atoms with Crippen LogP contribution in [-0.2, 0) is 0 Å². The van der Waals surface area contributed by atoms with Gasteiger partial charge in [0.15, 0.2) is 11.5 Å². The number of piperidine rings is 1. The molecule has 1 saturated heterocycles. The second-order valence-electron chi connectivity index (χ2n) is 7.44. The fourth-order valence-electron chi connectivity index (χ4n) is 3.20. The van der Waals surface area contributed by atoms with Crippen molar-refractivity contribution < 1.29 is 14.3 Å². The van der Waals surface area contributed by atoms with Crippen LogP contribution in [0.5, 0.6) is 11.5 Å². The number of methoxy groups -OCH3 is 1. The Morgan fingerprint density at radius 3 is 2.56 bits per heavy atom. The van der Waals surface area contributed by atoms with Crippen molar-refractivity contribution in [3.63, 3.8) is 0 Å². The summed E-state index contributed by atoms with van der Waals surface area (Å²) in [5, 5.41) is 3.40. The van der Waals surface area contributed by atoms with E-state index in [4.69, 9.17) is 9.47 Å². The third kappa shape index (κ3) is 7.23. The van der Waals surface area contributed by atoms with Gasteiger partial charge in [-0.1, -0.05) is 20.8 Å². The van der Waals surface area contributed by atoms with Crippen LogP contribution in [-0.4, -0.2) is 50.7 Å². The van der Waals surface area contributed by atoms with Crippen LogP contribution in [0.4, 0.5) is 0 Å². The molecule has 1 amide bonds. The first-order valence-electron chi connectivity index (χ1n) is 9.86. The molecule has 1 aromatic rings. The van der Waals surface area contributed by atoms with E-state index >= 15 is 0 Å². The first kappa shape index (κ1) is 23.6. The van der Waals surface area contributed by atoms with E-state index in [-0.39, 0.29) is 18.3 Å². The van der Waals surface area contributed by atoms with Gasteiger partial charge in [-0.2, -0.15) is 0 Å². The minimum absolute atomic E-state index is 0. The Labute approximate surface area is 170 Å². The van der Waals surface area contributed by atoms with E-state index in [2.05, 4.69) is 26.1 Å². The van der Waals surface area contributed by atoms with Gasteiger partial charge in [-0.15, -0.1) is 12.4 Å². The van der Waals surface area contributed by atoms with Crippen LogP contribution in [0.3, 0.4) is 0 Å². The monoisotopic (exact) mass is 398 g/mol. The molecule has 0 atom stereocenters. The average molecular weight is 399 g/mol. The van der Waals surface area contributed by atoms with E-state index in [0.29, 0.717) is 35.5 Å². The standard InChI is InChI=1S/C21H34N2O3.ClH/c1-5-22-15-17-8-11-23(12-9-17)21(24)18-6-7-19(20(14-18)25-4)26-13-10-16(2)3;/h6-7,14,16-17,22H,5,8-13,15H2,1-4H3;1H. The van der Waals surface area contributed by atoms with Gasteiger partial charge in [0, 0.05) is 18.7 Å². The Balaban J connectivity index is 0.00000364. The highest BCUT2D eigenvalue weighted by atomic mass is 35.5. The number of hydrogen-bond acceptors (Lipinski definition) is 4. The number of carbonyl (C=O) groups is 1. The van der Waals surface area contributed by atoms with Gasteiger partial charge in [0.2, 0.25) is 0 Å². The van der Waals surface area contributed by atoms with E-state index in [1.54, 1.807) is 13.2 Å². The van der Waals surface area contributed by atoms with Crippen molar-refractivity contribution in [1.82, 2.24) is 10.2 Å². The zero-order valence-electron chi connectivity index (χ0n) is 17.1. The molecule has 0 spiro atoms. The number of carbonyl (C=O) groups excluding carboxylic acids is 1. The molecule has 0 radical (unpaired) electrons. The topological polar surface area (TPSA) is 50.8 Å². The Bertz CT molecular complexity index is 573. The van der Waals surface area contributed by atoms with Gasteiger partial charge in [0.05, 0.1) is 13.7 Å². The highest BCUT2D eigenvalue weighted by Gasteiger charge is 2.24. The Morgan fingerprint density at radius 1 is 1.26 bits per heavy atom. The van der Waals surface area contributed by atoms with Crippen molar-refractivity contribution in [2.24, 2.45) is 11.8 Å². The number of amides is 1. The highest BCUT2D eigenvalue weighted by Crippen LogP contribution is 2.29. The third-order valence-corrected chi connectivity index (χ3v) is 4.95. The highest BCUT2D eigenvalue weighted by molar-refractivity contribution is 5.95. The van der Waals surface area contributed by atoms with Crippen LogP contribution in [0.25, 0.3) is 0 Å². The lowest BCUT2D eigenvalue weighted by Crippen LogP contribution is -2.40. The average Bonchev–Trinajstić information content (AvgIpc) is 2.66. The van der Waals surface area contributed by atoms with Gasteiger partial charge in [-0.3, -0.25) is 4.79 Å². The largest absolute Gasteiger partial charge is 0.493 e. The lowest BCUT2D eigenvalue weighted by atomic mass is 9.96. The van der Waals surface area contributed by atoms with Gasteiger partial charge in [0.25, 0.3) is 5.91 Å². The fraction of sp³-hybridized carbons (Fsp3) is 0.667. The molecule has 1 aliphatic rings. The predicted octanol–water partition coefficient (Wildman–Crippen LogP) is 4.00. The molecule has 0 aliphatic carbocycles. The summed E-state index contributed by atoms with van der Waals surface area (Å²) in [4.78, 5) is 14.8. The summed E-state index contributed by atoms with van der Waals surface area (Å²) in [5.74, 6) is 2.68. The van der Waals surface area contributed by atoms with Crippen molar-refractivity contribution in [2.45, 2.75) is 40.0 Å². The number of likely N-dealkylation sites (tertiary alicyclic amines) is 1. The van der Waals surface area contributed by atoms with Gasteiger partial charge in [-0.25, -0.2) is 0 Å². The minimum Gasteiger partial charge on any atom is -0.493 e. The molecule has 1 aliphatic heterocycles. The zero-order chi connectivity index (χ0) is 18.9. The summed E-state index contributed by atoms with van der Waals surface area (Å²) < 4.78 is 11.3. The summed E-state index contributed by atoms with van der Waals surface area (Å²) >= 11 is 0. The van der Waals surface area contributed by atoms with Crippen molar-refractivity contribution in [3.05, 3.63) is 23.8 Å². The predicted molar refractivity (Wildman–Crippen MR) is 112 cm³/mol. The van der Waals surface area contributed by atoms with Crippen molar-refractivity contribution in [2.75, 3.05) is 39.9 Å². The molecule has 27 heavy (non-hydrogen) atoms. The summed E-state index contributed by atoms with van der Waals surface area (Å²) in [5.41, 5.74) is 0.670. The van der Waals surface area contributed by atoms with Crippen LogP contribution < -0.4 is 14.8 Å². The molecule has 0 bridgehead atoms. The van der Waals surface area contributed by atoms with Crippen LogP contribution >= 0.6 is 12.4 Å². The molecule has 1 N–H and O–H groups in total. The molecule has 1 heterocycles. The maximum absolute atomic E-state index is 12.8. The van der Waals surface area contributed by atoms with E-state index < -0.39 is 0 Å². The molecule has 5 nitrogen and oxygen atoms in total. The lowest BCUT2D eigenvalue weighted by molar-refractivity contribution is 0.0690. The number of nitrogens with zero attached hydrogens (tertiary/aromatic N) is 1. The number of nitrogens with one attached hydrogen (secondary N) is 1. The first-order chi connectivity index (χ1) is 12.5. The molecule has 154 valence electrons. The van der Waals surface area contributed by atoms with E-state index in [9.17, 15) is 4.79 Å². The molecule has 6 heteroatoms. The Kier molecular flexibility index (Phi) is 10.6. The molecule has 2 rings (SSSR count). The number of rotatable bonds is 9. The summed E-state index contributed by atoms with van der Waals surface area (Å²) in [6.45, 7) is 10.8. The number of ether oxygens (including phenoxy) is 2. The Hall–Kier alpha value is -1.46. The summed E-state index contributed by atoms with van der Waals surface area (Å²) in [6.07, 6.45) is 3.12. The number of benzene rings is 1. The zero-order valence-corrected chi connectivity index (χ0v) is 17.9. The number of hydrogen-bond donors (Lipinski definition) is 1. The quantitative estimate of drug-likeness (QED) is 0.683. The van der Waals surface area contributed by atoms with Crippen LogP contribution in [0, 0.1) is 11.8 Å². The SMILES string of the molecule is CCNCC1CCN(C(=O)c2ccc(OCCC(C)C)c(OC)c2)CC1.Cl. The van der Waals surface area contributed by atoms with Gasteiger partial charge >= 0.3 is 0 Å². The molecule has 0 unspecified atom stereocenters. The molecular weight excluding hydrogens is 364 g/mol. The van der Waals surface area contributed by atoms with Gasteiger partial charge in [-0.05, 0) is 62.4 Å². The Morgan fingerprint density at radius 2 is 1.96 bits per heavy atom. The first-order valence-corrected chi connectivity index (χ1v) is 9.86. The smallest absolute Gasteiger partial charge is 0.253 e. The summed E-state index contributed by atoms with van der Waals surface area (Å²) in [6, 6.07) is 5.50. The van der Waals surface area contributed by atoms with Crippen LogP contribution in [0.15, 0.2) is 18.2 Å². The van der Waals surface area contributed by atoms with Crippen molar-refractivity contribution in [1.29, 1.82) is 0 Å². The minimum atomic E-state index is 0. The van der Waals surface area contributed by atoms with Crippen LogP contribution in [0.1, 0.15) is 50.4 Å². The van der Waals surface area contributed by atoms with Crippen molar-refractivity contribution >= 4 is 18.3 Å². The maximum atomic E-state index is 12.8.